The van der Waals surface area contributed by atoms with Crippen LogP contribution in [0.4, 0.5) is 11.6 Å². The number of hydrogen-bond acceptors (Lipinski definition) is 5. The molecule has 2 aromatic carbocycles. The minimum absolute atomic E-state index is 0.0883. The molecule has 6 nitrogen and oxygen atoms in total. The monoisotopic (exact) mass is 361 g/mol. The number of nitrogens with two attached hydrogens (primary N) is 1. The Morgan fingerprint density at radius 1 is 1.04 bits per heavy atom. The second-order valence-electron chi connectivity index (χ2n) is 5.02. The Bertz CT molecular complexity index is 943. The lowest BCUT2D eigenvalue weighted by molar-refractivity contribution is 0.772. The third kappa shape index (κ3) is 3.12. The molecule has 0 amide bonds. The van der Waals surface area contributed by atoms with Crippen LogP contribution in [-0.2, 0) is 7.05 Å². The highest BCUT2D eigenvalue weighted by molar-refractivity contribution is 6.42. The molecular formula is C16H13Cl2N5O. The van der Waals surface area contributed by atoms with Crippen LogP contribution in [0.15, 0.2) is 53.3 Å². The largest absolute Gasteiger partial charge is 0.352 e. The average Bonchev–Trinajstić information content (AvgIpc) is 2.60. The lowest BCUT2D eigenvalue weighted by atomic mass is 10.2. The van der Waals surface area contributed by atoms with Crippen molar-refractivity contribution in [1.29, 1.82) is 0 Å². The molecule has 3 rings (SSSR count). The summed E-state index contributed by atoms with van der Waals surface area (Å²) in [6.07, 6.45) is 0. The molecule has 0 aliphatic carbocycles. The zero-order chi connectivity index (χ0) is 17.3. The van der Waals surface area contributed by atoms with Gasteiger partial charge in [0.1, 0.15) is 5.82 Å². The quantitative estimate of drug-likeness (QED) is 0.572. The summed E-state index contributed by atoms with van der Waals surface area (Å²) >= 11 is 12.0. The summed E-state index contributed by atoms with van der Waals surface area (Å²) in [4.78, 5) is 20.5. The Labute approximate surface area is 148 Å². The Hall–Kier alpha value is -2.41. The number of hydrogen-bond donors (Lipinski definition) is 1. The minimum atomic E-state index is -0.479. The van der Waals surface area contributed by atoms with Gasteiger partial charge in [0.05, 0.1) is 15.7 Å². The highest BCUT2D eigenvalue weighted by Crippen LogP contribution is 2.28. The number of benzene rings is 2. The number of anilines is 2. The first-order chi connectivity index (χ1) is 11.5. The second kappa shape index (κ2) is 6.60. The minimum Gasteiger partial charge on any atom is -0.279 e. The van der Waals surface area contributed by atoms with E-state index in [0.717, 1.165) is 0 Å². The van der Waals surface area contributed by atoms with Gasteiger partial charge in [0, 0.05) is 12.6 Å². The van der Waals surface area contributed by atoms with Crippen LogP contribution >= 0.6 is 23.2 Å². The summed E-state index contributed by atoms with van der Waals surface area (Å²) in [6.45, 7) is 0. The van der Waals surface area contributed by atoms with Crippen molar-refractivity contribution in [2.24, 2.45) is 12.9 Å². The maximum absolute atomic E-state index is 12.2. The van der Waals surface area contributed by atoms with Gasteiger partial charge in [-0.1, -0.05) is 41.4 Å². The van der Waals surface area contributed by atoms with Gasteiger partial charge in [-0.25, -0.2) is 15.6 Å². The SMILES string of the molecule is Cn1c(-c2ccc(Cl)c(Cl)c2)nc(N(N)c2ccccc2)nc1=O. The molecule has 0 aliphatic heterocycles. The number of hydrazine groups is 1. The van der Waals surface area contributed by atoms with Crippen LogP contribution in [0.25, 0.3) is 11.4 Å². The van der Waals surface area contributed by atoms with Crippen LogP contribution in [0.5, 0.6) is 0 Å². The number of para-hydroxylation sites is 1. The fraction of sp³-hybridized carbons (Fsp3) is 0.0625. The van der Waals surface area contributed by atoms with Gasteiger partial charge in [-0.2, -0.15) is 9.97 Å². The van der Waals surface area contributed by atoms with Crippen molar-refractivity contribution in [3.8, 4) is 11.4 Å². The fourth-order valence-electron chi connectivity index (χ4n) is 2.15. The summed E-state index contributed by atoms with van der Waals surface area (Å²) in [6, 6.07) is 14.1. The third-order valence-corrected chi connectivity index (χ3v) is 4.17. The van der Waals surface area contributed by atoms with Crippen LogP contribution in [0.1, 0.15) is 0 Å². The Kier molecular flexibility index (Phi) is 4.53. The van der Waals surface area contributed by atoms with Crippen LogP contribution < -0.4 is 16.5 Å². The van der Waals surface area contributed by atoms with E-state index in [0.29, 0.717) is 27.1 Å². The van der Waals surface area contributed by atoms with Crippen LogP contribution in [0.3, 0.4) is 0 Å². The number of halogens is 2. The number of aromatic nitrogens is 3. The lowest BCUT2D eigenvalue weighted by Gasteiger charge is -2.17. The Balaban J connectivity index is 2.13. The van der Waals surface area contributed by atoms with E-state index in [-0.39, 0.29) is 5.95 Å². The Morgan fingerprint density at radius 3 is 2.42 bits per heavy atom. The average molecular weight is 362 g/mol. The first-order valence-electron chi connectivity index (χ1n) is 6.98. The van der Waals surface area contributed by atoms with E-state index >= 15 is 0 Å². The zero-order valence-corrected chi connectivity index (χ0v) is 14.2. The van der Waals surface area contributed by atoms with Gasteiger partial charge in [-0.05, 0) is 30.3 Å². The molecule has 122 valence electrons. The van der Waals surface area contributed by atoms with E-state index in [4.69, 9.17) is 29.0 Å². The van der Waals surface area contributed by atoms with Gasteiger partial charge in [0.2, 0.25) is 0 Å². The van der Waals surface area contributed by atoms with Crippen molar-refractivity contribution in [1.82, 2.24) is 14.5 Å². The first kappa shape index (κ1) is 16.4. The standard InChI is InChI=1S/C16H13Cl2N5O/c1-22-14(10-7-8-12(17)13(18)9-10)20-15(21-16(22)24)23(19)11-5-3-2-4-6-11/h2-9H,19H2,1H3. The summed E-state index contributed by atoms with van der Waals surface area (Å²) in [5.41, 5.74) is 0.812. The first-order valence-corrected chi connectivity index (χ1v) is 7.73. The normalized spacial score (nSPS) is 10.7. The number of rotatable bonds is 3. The molecule has 0 aliphatic rings. The molecule has 3 aromatic rings. The van der Waals surface area contributed by atoms with Gasteiger partial charge in [0.25, 0.3) is 5.95 Å². The molecule has 1 heterocycles. The molecule has 24 heavy (non-hydrogen) atoms. The van der Waals surface area contributed by atoms with E-state index in [1.165, 1.54) is 9.58 Å². The smallest absolute Gasteiger partial charge is 0.279 e. The molecule has 8 heteroatoms. The van der Waals surface area contributed by atoms with Crippen molar-refractivity contribution in [3.63, 3.8) is 0 Å². The van der Waals surface area contributed by atoms with E-state index in [1.54, 1.807) is 37.4 Å². The zero-order valence-electron chi connectivity index (χ0n) is 12.6. The predicted octanol–water partition coefficient (Wildman–Crippen LogP) is 3.16. The fourth-order valence-corrected chi connectivity index (χ4v) is 2.45. The Morgan fingerprint density at radius 2 is 1.75 bits per heavy atom. The molecule has 0 saturated heterocycles. The summed E-state index contributed by atoms with van der Waals surface area (Å²) in [5.74, 6) is 6.52. The van der Waals surface area contributed by atoms with Gasteiger partial charge in [0.15, 0.2) is 0 Å². The molecule has 2 N–H and O–H groups in total. The molecule has 0 radical (unpaired) electrons. The van der Waals surface area contributed by atoms with Crippen molar-refractivity contribution < 1.29 is 0 Å². The van der Waals surface area contributed by atoms with Crippen molar-refractivity contribution in [2.45, 2.75) is 0 Å². The summed E-state index contributed by atoms with van der Waals surface area (Å²) < 4.78 is 1.32. The van der Waals surface area contributed by atoms with Gasteiger partial charge < -0.3 is 0 Å². The molecule has 0 bridgehead atoms. The highest BCUT2D eigenvalue weighted by atomic mass is 35.5. The van der Waals surface area contributed by atoms with Crippen molar-refractivity contribution in [2.75, 3.05) is 5.01 Å². The molecule has 0 atom stereocenters. The van der Waals surface area contributed by atoms with Gasteiger partial charge >= 0.3 is 5.69 Å². The molecular weight excluding hydrogens is 349 g/mol. The van der Waals surface area contributed by atoms with Crippen LogP contribution in [0, 0.1) is 0 Å². The second-order valence-corrected chi connectivity index (χ2v) is 5.84. The molecule has 0 unspecified atom stereocenters. The molecule has 0 saturated carbocycles. The maximum atomic E-state index is 12.2. The summed E-state index contributed by atoms with van der Waals surface area (Å²) in [7, 11) is 1.58. The number of nitrogens with zero attached hydrogens (tertiary/aromatic N) is 4. The predicted molar refractivity (Wildman–Crippen MR) is 95.5 cm³/mol. The van der Waals surface area contributed by atoms with Crippen LogP contribution in [-0.4, -0.2) is 14.5 Å². The molecule has 1 aromatic heterocycles. The molecule has 0 fully saturated rings. The lowest BCUT2D eigenvalue weighted by Crippen LogP contribution is -2.32. The van der Waals surface area contributed by atoms with Gasteiger partial charge in [-0.15, -0.1) is 0 Å². The summed E-state index contributed by atoms with van der Waals surface area (Å²) in [5, 5.41) is 2.04. The maximum Gasteiger partial charge on any atom is 0.352 e. The van der Waals surface area contributed by atoms with E-state index in [1.807, 2.05) is 18.2 Å². The van der Waals surface area contributed by atoms with Gasteiger partial charge in [-0.3, -0.25) is 4.57 Å². The van der Waals surface area contributed by atoms with E-state index < -0.39 is 5.69 Å². The van der Waals surface area contributed by atoms with E-state index in [2.05, 4.69) is 9.97 Å². The third-order valence-electron chi connectivity index (χ3n) is 3.43. The topological polar surface area (TPSA) is 77.0 Å². The van der Waals surface area contributed by atoms with Crippen molar-refractivity contribution in [3.05, 3.63) is 69.1 Å². The van der Waals surface area contributed by atoms with E-state index in [9.17, 15) is 4.79 Å². The van der Waals surface area contributed by atoms with Crippen LogP contribution in [0.2, 0.25) is 10.0 Å². The molecule has 0 spiro atoms. The highest BCUT2D eigenvalue weighted by Gasteiger charge is 2.15. The van der Waals surface area contributed by atoms with Crippen molar-refractivity contribution >= 4 is 34.8 Å².